The van der Waals surface area contributed by atoms with Gasteiger partial charge in [-0.25, -0.2) is 4.39 Å². The monoisotopic (exact) mass is 306 g/mol. The van der Waals surface area contributed by atoms with Gasteiger partial charge in [0.25, 0.3) is 0 Å². The van der Waals surface area contributed by atoms with Gasteiger partial charge >= 0.3 is 0 Å². The minimum atomic E-state index is -0.557. The van der Waals surface area contributed by atoms with Crippen LogP contribution >= 0.6 is 7.92 Å². The molecule has 0 unspecified atom stereocenters. The van der Waals surface area contributed by atoms with Crippen molar-refractivity contribution >= 4 is 24.6 Å². The summed E-state index contributed by atoms with van der Waals surface area (Å²) >= 11 is 0. The fraction of sp³-hybridized carbons (Fsp3) is 0. The number of halogens is 1. The van der Waals surface area contributed by atoms with Crippen LogP contribution in [0.5, 0.6) is 0 Å². The fourth-order valence-corrected chi connectivity index (χ4v) is 4.18. The molecule has 3 aromatic carbocycles. The number of hydrogen-bond donors (Lipinski definition) is 0. The van der Waals surface area contributed by atoms with Gasteiger partial charge in [-0.05, 0) is 36.2 Å². The van der Waals surface area contributed by atoms with Crippen LogP contribution in [0.1, 0.15) is 5.56 Å². The Hall–Kier alpha value is -2.24. The predicted octanol–water partition coefficient (Wildman–Crippen LogP) is 4.93. The average molecular weight is 306 g/mol. The first kappa shape index (κ1) is 14.7. The van der Waals surface area contributed by atoms with Crippen molar-refractivity contribution in [2.24, 2.45) is 0 Å². The smallest absolute Gasteiger partial charge is 0.123 e. The zero-order valence-corrected chi connectivity index (χ0v) is 13.0. The molecular weight excluding hydrogens is 290 g/mol. The molecule has 0 aliphatic carbocycles. The Bertz CT molecular complexity index is 694. The second kappa shape index (κ2) is 7.15. The van der Waals surface area contributed by atoms with Crippen molar-refractivity contribution in [3.05, 3.63) is 102 Å². The Morgan fingerprint density at radius 3 is 1.64 bits per heavy atom. The number of hydrogen-bond acceptors (Lipinski definition) is 0. The summed E-state index contributed by atoms with van der Waals surface area (Å²) in [5.41, 5.74) is 1.01. The molecule has 0 atom stereocenters. The first-order valence-corrected chi connectivity index (χ1v) is 8.57. The van der Waals surface area contributed by atoms with Crippen molar-refractivity contribution in [1.82, 2.24) is 0 Å². The van der Waals surface area contributed by atoms with Gasteiger partial charge in [-0.1, -0.05) is 84.7 Å². The molecule has 0 aromatic heterocycles. The van der Waals surface area contributed by atoms with Crippen LogP contribution in [0.4, 0.5) is 4.39 Å². The van der Waals surface area contributed by atoms with Crippen molar-refractivity contribution in [2.45, 2.75) is 0 Å². The highest BCUT2D eigenvalue weighted by Crippen LogP contribution is 2.35. The van der Waals surface area contributed by atoms with E-state index in [2.05, 4.69) is 60.4 Å². The van der Waals surface area contributed by atoms with Crippen molar-refractivity contribution in [3.8, 4) is 0 Å². The van der Waals surface area contributed by atoms with E-state index in [-0.39, 0.29) is 5.82 Å². The minimum absolute atomic E-state index is 0.203. The van der Waals surface area contributed by atoms with E-state index in [1.54, 1.807) is 12.1 Å². The van der Waals surface area contributed by atoms with Crippen LogP contribution < -0.4 is 10.6 Å². The van der Waals surface area contributed by atoms with Crippen molar-refractivity contribution < 1.29 is 4.39 Å². The first-order chi connectivity index (χ1) is 10.8. The van der Waals surface area contributed by atoms with Gasteiger partial charge in [-0.15, -0.1) is 0 Å². The second-order valence-electron chi connectivity index (χ2n) is 4.91. The summed E-state index contributed by atoms with van der Waals surface area (Å²) in [7, 11) is -0.557. The number of rotatable bonds is 4. The zero-order valence-electron chi connectivity index (χ0n) is 12.1. The van der Waals surface area contributed by atoms with Crippen LogP contribution in [0, 0.1) is 5.82 Å². The summed E-state index contributed by atoms with van der Waals surface area (Å²) in [6.45, 7) is 0. The molecule has 0 saturated carbocycles. The average Bonchev–Trinajstić information content (AvgIpc) is 2.59. The van der Waals surface area contributed by atoms with E-state index >= 15 is 0 Å². The fourth-order valence-electron chi connectivity index (χ4n) is 2.23. The molecule has 0 fully saturated rings. The lowest BCUT2D eigenvalue weighted by Gasteiger charge is -2.14. The summed E-state index contributed by atoms with van der Waals surface area (Å²) in [5, 5.41) is 2.61. The largest absolute Gasteiger partial charge is 0.207 e. The lowest BCUT2D eigenvalue weighted by molar-refractivity contribution is 0.628. The quantitative estimate of drug-likeness (QED) is 0.600. The van der Waals surface area contributed by atoms with Gasteiger partial charge in [-0.2, -0.15) is 0 Å². The van der Waals surface area contributed by atoms with Gasteiger partial charge < -0.3 is 0 Å². The van der Waals surface area contributed by atoms with E-state index in [0.29, 0.717) is 0 Å². The molecule has 0 spiro atoms. The molecule has 0 heterocycles. The van der Waals surface area contributed by atoms with Gasteiger partial charge in [0.05, 0.1) is 0 Å². The Morgan fingerprint density at radius 1 is 0.636 bits per heavy atom. The molecule has 0 N–H and O–H groups in total. The van der Waals surface area contributed by atoms with Crippen molar-refractivity contribution in [1.29, 1.82) is 0 Å². The lowest BCUT2D eigenvalue weighted by Crippen LogP contribution is -2.09. The molecule has 0 aliphatic heterocycles. The first-order valence-electron chi connectivity index (χ1n) is 7.16. The van der Waals surface area contributed by atoms with Crippen LogP contribution in [0.15, 0.2) is 90.7 Å². The van der Waals surface area contributed by atoms with Crippen LogP contribution in [-0.4, -0.2) is 0 Å². The van der Waals surface area contributed by atoms with Crippen LogP contribution in [0.2, 0.25) is 0 Å². The Balaban J connectivity index is 1.94. The van der Waals surface area contributed by atoms with Gasteiger partial charge in [0.15, 0.2) is 0 Å². The lowest BCUT2D eigenvalue weighted by atomic mass is 10.2. The second-order valence-corrected chi connectivity index (χ2v) is 6.98. The third-order valence-electron chi connectivity index (χ3n) is 3.35. The predicted molar refractivity (Wildman–Crippen MR) is 94.5 cm³/mol. The Labute approximate surface area is 131 Å². The maximum atomic E-state index is 13.0. The van der Waals surface area contributed by atoms with Crippen LogP contribution in [-0.2, 0) is 0 Å². The number of benzene rings is 3. The normalized spacial score (nSPS) is 11.2. The molecule has 3 aromatic rings. The van der Waals surface area contributed by atoms with E-state index in [9.17, 15) is 4.39 Å². The molecule has 108 valence electrons. The molecular formula is C20H16FP. The van der Waals surface area contributed by atoms with E-state index in [0.717, 1.165) is 5.56 Å². The van der Waals surface area contributed by atoms with E-state index in [4.69, 9.17) is 0 Å². The zero-order chi connectivity index (χ0) is 15.2. The van der Waals surface area contributed by atoms with Gasteiger partial charge in [0, 0.05) is 0 Å². The summed E-state index contributed by atoms with van der Waals surface area (Å²) in [5.74, 6) is 2.03. The van der Waals surface area contributed by atoms with Crippen LogP contribution in [0.25, 0.3) is 6.08 Å². The molecule has 0 aliphatic rings. The van der Waals surface area contributed by atoms with Crippen LogP contribution in [0.3, 0.4) is 0 Å². The maximum absolute atomic E-state index is 13.0. The summed E-state index contributed by atoms with van der Waals surface area (Å²) in [6.07, 6.45) is 2.07. The summed E-state index contributed by atoms with van der Waals surface area (Å²) in [4.78, 5) is 0. The van der Waals surface area contributed by atoms with E-state index in [1.807, 2.05) is 12.1 Å². The van der Waals surface area contributed by atoms with Gasteiger partial charge in [-0.3, -0.25) is 0 Å². The summed E-state index contributed by atoms with van der Waals surface area (Å²) in [6, 6.07) is 27.6. The standard InChI is InChI=1S/C20H16FP/c21-18-13-11-17(12-14-18)15-16-22(19-7-3-1-4-8-19)20-9-5-2-6-10-20/h1-16H/b16-15-. The van der Waals surface area contributed by atoms with Gasteiger partial charge in [0.1, 0.15) is 5.82 Å². The van der Waals surface area contributed by atoms with Crippen molar-refractivity contribution in [2.75, 3.05) is 0 Å². The van der Waals surface area contributed by atoms with E-state index < -0.39 is 7.92 Å². The molecule has 0 amide bonds. The minimum Gasteiger partial charge on any atom is -0.207 e. The highest BCUT2D eigenvalue weighted by atomic mass is 31.1. The third-order valence-corrected chi connectivity index (χ3v) is 5.51. The van der Waals surface area contributed by atoms with Crippen molar-refractivity contribution in [3.63, 3.8) is 0 Å². The molecule has 0 nitrogen and oxygen atoms in total. The topological polar surface area (TPSA) is 0 Å². The highest BCUT2D eigenvalue weighted by molar-refractivity contribution is 7.75. The molecule has 0 radical (unpaired) electrons. The molecule has 0 bridgehead atoms. The van der Waals surface area contributed by atoms with E-state index in [1.165, 1.54) is 22.7 Å². The third kappa shape index (κ3) is 3.69. The molecule has 3 rings (SSSR count). The van der Waals surface area contributed by atoms with Gasteiger partial charge in [0.2, 0.25) is 0 Å². The molecule has 0 saturated heterocycles. The SMILES string of the molecule is Fc1ccc(/C=C\P(c2ccccc2)c2ccccc2)cc1. The molecule has 22 heavy (non-hydrogen) atoms. The summed E-state index contributed by atoms with van der Waals surface area (Å²) < 4.78 is 13.0. The Morgan fingerprint density at radius 2 is 1.14 bits per heavy atom. The molecule has 2 heteroatoms. The maximum Gasteiger partial charge on any atom is 0.123 e. The highest BCUT2D eigenvalue weighted by Gasteiger charge is 2.09. The Kier molecular flexibility index (Phi) is 4.78.